The molecule has 1 aromatic carbocycles. The smallest absolute Gasteiger partial charge is 0.272 e. The van der Waals surface area contributed by atoms with E-state index in [1.807, 2.05) is 0 Å². The highest BCUT2D eigenvalue weighted by Crippen LogP contribution is 2.38. The summed E-state index contributed by atoms with van der Waals surface area (Å²) in [7, 11) is 1.50. The molecule has 156 valence electrons. The molecule has 0 saturated carbocycles. The normalized spacial score (nSPS) is 19.0. The van der Waals surface area contributed by atoms with Gasteiger partial charge in [-0.1, -0.05) is 0 Å². The number of hydrogen-bond acceptors (Lipinski definition) is 8. The molecule has 3 N–H and O–H groups in total. The number of fused-ring (bicyclic) bond motifs is 2. The fourth-order valence-electron chi connectivity index (χ4n) is 3.94. The van der Waals surface area contributed by atoms with Crippen LogP contribution in [0.3, 0.4) is 0 Å². The van der Waals surface area contributed by atoms with Crippen LogP contribution in [-0.2, 0) is 4.74 Å². The van der Waals surface area contributed by atoms with E-state index in [2.05, 4.69) is 25.6 Å². The standard InChI is InChI=1S/C19H20FN7O3/c1-21-17(28)15-14-16(27(19(29)24-14)11-4-6-30-7-5-11)25-18(23-15)26-9-22-12-3-2-10(20)8-13(12)26/h2-3,8-9,11,19,24,29H,4-7H2,1H3,(H,21,28). The summed E-state index contributed by atoms with van der Waals surface area (Å²) in [4.78, 5) is 27.6. The van der Waals surface area contributed by atoms with E-state index >= 15 is 0 Å². The molecular weight excluding hydrogens is 393 g/mol. The lowest BCUT2D eigenvalue weighted by molar-refractivity contribution is 0.0732. The zero-order chi connectivity index (χ0) is 20.8. The highest BCUT2D eigenvalue weighted by atomic mass is 19.1. The van der Waals surface area contributed by atoms with Crippen molar-refractivity contribution >= 4 is 28.4 Å². The summed E-state index contributed by atoms with van der Waals surface area (Å²) in [6, 6.07) is 4.21. The van der Waals surface area contributed by atoms with Crippen molar-refractivity contribution in [2.75, 3.05) is 30.5 Å². The second-order valence-electron chi connectivity index (χ2n) is 7.17. The first-order chi connectivity index (χ1) is 14.6. The Morgan fingerprint density at radius 1 is 1.33 bits per heavy atom. The molecule has 0 spiro atoms. The Labute approximate surface area is 170 Å². The molecule has 11 heteroatoms. The fourth-order valence-corrected chi connectivity index (χ4v) is 3.94. The van der Waals surface area contributed by atoms with Gasteiger partial charge in [0.2, 0.25) is 12.3 Å². The van der Waals surface area contributed by atoms with Crippen molar-refractivity contribution in [3.63, 3.8) is 0 Å². The second kappa shape index (κ2) is 7.18. The number of imidazole rings is 1. The molecule has 2 aromatic heterocycles. The summed E-state index contributed by atoms with van der Waals surface area (Å²) in [5.41, 5.74) is 1.49. The minimum Gasteiger partial charge on any atom is -0.381 e. The van der Waals surface area contributed by atoms with Gasteiger partial charge in [-0.25, -0.2) is 14.4 Å². The molecule has 2 aliphatic heterocycles. The van der Waals surface area contributed by atoms with Crippen LogP contribution in [0, 0.1) is 5.82 Å². The summed E-state index contributed by atoms with van der Waals surface area (Å²) < 4.78 is 20.8. The number of halogens is 1. The van der Waals surface area contributed by atoms with Gasteiger partial charge in [0.05, 0.1) is 11.0 Å². The van der Waals surface area contributed by atoms with E-state index in [4.69, 9.17) is 4.74 Å². The first-order valence-corrected chi connectivity index (χ1v) is 9.64. The molecule has 1 atom stereocenters. The Balaban J connectivity index is 1.69. The minimum absolute atomic E-state index is 0.0141. The zero-order valence-corrected chi connectivity index (χ0v) is 16.2. The topological polar surface area (TPSA) is 117 Å². The van der Waals surface area contributed by atoms with Crippen LogP contribution in [0.2, 0.25) is 0 Å². The summed E-state index contributed by atoms with van der Waals surface area (Å²) in [5.74, 6) is -0.276. The predicted molar refractivity (Wildman–Crippen MR) is 106 cm³/mol. The Hall–Kier alpha value is -3.31. The number of aliphatic hydroxyl groups excluding tert-OH is 1. The molecule has 1 fully saturated rings. The Bertz CT molecular complexity index is 1130. The van der Waals surface area contributed by atoms with Crippen LogP contribution < -0.4 is 15.5 Å². The number of carbonyl (C=O) groups is 1. The van der Waals surface area contributed by atoms with Crippen molar-refractivity contribution in [2.24, 2.45) is 0 Å². The summed E-state index contributed by atoms with van der Waals surface area (Å²) in [5, 5.41) is 16.2. The molecule has 3 aromatic rings. The van der Waals surface area contributed by atoms with Gasteiger partial charge in [-0.2, -0.15) is 4.98 Å². The number of amides is 1. The third-order valence-electron chi connectivity index (χ3n) is 5.41. The molecule has 1 saturated heterocycles. The van der Waals surface area contributed by atoms with Gasteiger partial charge >= 0.3 is 0 Å². The summed E-state index contributed by atoms with van der Waals surface area (Å²) >= 11 is 0. The fraction of sp³-hybridized carbons (Fsp3) is 0.368. The van der Waals surface area contributed by atoms with Gasteiger partial charge in [0.25, 0.3) is 5.91 Å². The van der Waals surface area contributed by atoms with E-state index in [-0.39, 0.29) is 17.7 Å². The second-order valence-corrected chi connectivity index (χ2v) is 7.17. The molecule has 1 unspecified atom stereocenters. The maximum atomic E-state index is 13.8. The van der Waals surface area contributed by atoms with Gasteiger partial charge in [-0.05, 0) is 25.0 Å². The van der Waals surface area contributed by atoms with Crippen LogP contribution in [0.5, 0.6) is 0 Å². The number of carbonyl (C=O) groups excluding carboxylic acids is 1. The van der Waals surface area contributed by atoms with E-state index in [0.717, 1.165) is 0 Å². The molecule has 30 heavy (non-hydrogen) atoms. The van der Waals surface area contributed by atoms with E-state index in [1.54, 1.807) is 11.0 Å². The molecule has 10 nitrogen and oxygen atoms in total. The molecule has 0 bridgehead atoms. The van der Waals surface area contributed by atoms with Crippen molar-refractivity contribution in [2.45, 2.75) is 25.2 Å². The van der Waals surface area contributed by atoms with Crippen LogP contribution in [0.15, 0.2) is 24.5 Å². The van der Waals surface area contributed by atoms with Crippen molar-refractivity contribution < 1.29 is 19.0 Å². The summed E-state index contributed by atoms with van der Waals surface area (Å²) in [6.45, 7) is 1.16. The molecule has 2 aliphatic rings. The average Bonchev–Trinajstić information content (AvgIpc) is 3.32. The number of hydrogen-bond donors (Lipinski definition) is 3. The molecule has 5 rings (SSSR count). The highest BCUT2D eigenvalue weighted by molar-refractivity contribution is 6.01. The molecule has 0 aliphatic carbocycles. The number of aliphatic hydroxyl groups is 1. The maximum Gasteiger partial charge on any atom is 0.272 e. The van der Waals surface area contributed by atoms with Crippen LogP contribution in [0.25, 0.3) is 17.0 Å². The van der Waals surface area contributed by atoms with Gasteiger partial charge in [-0.3, -0.25) is 9.36 Å². The quantitative estimate of drug-likeness (QED) is 0.582. The van der Waals surface area contributed by atoms with Crippen LogP contribution in [0.4, 0.5) is 15.9 Å². The van der Waals surface area contributed by atoms with Crippen molar-refractivity contribution in [1.29, 1.82) is 0 Å². The van der Waals surface area contributed by atoms with E-state index in [9.17, 15) is 14.3 Å². The number of nitrogens with zero attached hydrogens (tertiary/aromatic N) is 5. The molecule has 1 amide bonds. The van der Waals surface area contributed by atoms with Gasteiger partial charge in [0.1, 0.15) is 17.8 Å². The van der Waals surface area contributed by atoms with E-state index < -0.39 is 18.1 Å². The van der Waals surface area contributed by atoms with E-state index in [1.165, 1.54) is 30.1 Å². The lowest BCUT2D eigenvalue weighted by Gasteiger charge is -2.33. The third kappa shape index (κ3) is 2.94. The molecule has 4 heterocycles. The minimum atomic E-state index is -1.05. The SMILES string of the molecule is CNC(=O)c1nc(-n2cnc3ccc(F)cc32)nc2c1NC(O)N2C1CCOCC1. The predicted octanol–water partition coefficient (Wildman–Crippen LogP) is 1.00. The molecular formula is C19H20FN7O3. The first kappa shape index (κ1) is 18.7. The lowest BCUT2D eigenvalue weighted by atomic mass is 10.1. The van der Waals surface area contributed by atoms with Crippen molar-refractivity contribution in [3.05, 3.63) is 36.0 Å². The monoisotopic (exact) mass is 413 g/mol. The van der Waals surface area contributed by atoms with Crippen molar-refractivity contribution in [1.82, 2.24) is 24.8 Å². The lowest BCUT2D eigenvalue weighted by Crippen LogP contribution is -2.46. The number of nitrogens with one attached hydrogen (secondary N) is 2. The van der Waals surface area contributed by atoms with Gasteiger partial charge < -0.3 is 25.4 Å². The number of ether oxygens (including phenoxy) is 1. The number of benzene rings is 1. The Morgan fingerprint density at radius 3 is 2.90 bits per heavy atom. The van der Waals surface area contributed by atoms with Gasteiger partial charge in [0.15, 0.2) is 11.5 Å². The van der Waals surface area contributed by atoms with Crippen LogP contribution >= 0.6 is 0 Å². The largest absolute Gasteiger partial charge is 0.381 e. The Kier molecular flexibility index (Phi) is 4.48. The highest BCUT2D eigenvalue weighted by Gasteiger charge is 2.38. The van der Waals surface area contributed by atoms with E-state index in [0.29, 0.717) is 48.6 Å². The van der Waals surface area contributed by atoms with Gasteiger partial charge in [-0.15, -0.1) is 0 Å². The van der Waals surface area contributed by atoms with Gasteiger partial charge in [0, 0.05) is 32.4 Å². The number of aromatic nitrogens is 4. The average molecular weight is 413 g/mol. The van der Waals surface area contributed by atoms with Crippen molar-refractivity contribution in [3.8, 4) is 5.95 Å². The van der Waals surface area contributed by atoms with Crippen LogP contribution in [0.1, 0.15) is 23.3 Å². The Morgan fingerprint density at radius 2 is 2.13 bits per heavy atom. The third-order valence-corrected chi connectivity index (χ3v) is 5.41. The molecule has 0 radical (unpaired) electrons. The first-order valence-electron chi connectivity index (χ1n) is 9.64. The van der Waals surface area contributed by atoms with Crippen LogP contribution in [-0.4, -0.2) is 63.2 Å². The summed E-state index contributed by atoms with van der Waals surface area (Å²) in [6.07, 6.45) is 1.86. The number of rotatable bonds is 3. The maximum absolute atomic E-state index is 13.8. The number of anilines is 2. The zero-order valence-electron chi connectivity index (χ0n) is 16.2.